The lowest BCUT2D eigenvalue weighted by atomic mass is 10.2. The van der Waals surface area contributed by atoms with Gasteiger partial charge in [-0.1, -0.05) is 6.07 Å². The molecule has 0 unspecified atom stereocenters. The van der Waals surface area contributed by atoms with Crippen molar-refractivity contribution in [1.29, 1.82) is 5.26 Å². The third-order valence-corrected chi connectivity index (χ3v) is 3.47. The molecule has 0 N–H and O–H groups in total. The van der Waals surface area contributed by atoms with Crippen LogP contribution in [0.4, 0.5) is 0 Å². The van der Waals surface area contributed by atoms with Crippen LogP contribution >= 0.6 is 11.6 Å². The third kappa shape index (κ3) is 3.12. The van der Waals surface area contributed by atoms with Gasteiger partial charge in [0.1, 0.15) is 17.4 Å². The van der Waals surface area contributed by atoms with Crippen LogP contribution in [0.25, 0.3) is 11.0 Å². The molecule has 0 aliphatic carbocycles. The number of nitriles is 1. The Morgan fingerprint density at radius 2 is 2.20 bits per heavy atom. The number of nitrogens with zero attached hydrogens (tertiary/aromatic N) is 4. The number of benzene rings is 1. The van der Waals surface area contributed by atoms with E-state index in [-0.39, 0.29) is 0 Å². The van der Waals surface area contributed by atoms with E-state index in [1.54, 1.807) is 0 Å². The van der Waals surface area contributed by atoms with Crippen molar-refractivity contribution in [2.45, 2.75) is 19.4 Å². The summed E-state index contributed by atoms with van der Waals surface area (Å²) in [6, 6.07) is 7.96. The average Bonchev–Trinajstić information content (AvgIpc) is 2.77. The maximum atomic E-state index is 9.18. The minimum absolute atomic E-state index is 0.541. The summed E-state index contributed by atoms with van der Waals surface area (Å²) in [7, 11) is 4.14. The molecule has 1 aromatic heterocycles. The van der Waals surface area contributed by atoms with E-state index in [1.807, 2.05) is 18.2 Å². The molecule has 2 rings (SSSR count). The van der Waals surface area contributed by atoms with Gasteiger partial charge in [-0.25, -0.2) is 4.98 Å². The van der Waals surface area contributed by atoms with Crippen LogP contribution in [-0.4, -0.2) is 41.0 Å². The molecule has 0 amide bonds. The largest absolute Gasteiger partial charge is 0.328 e. The minimum Gasteiger partial charge on any atom is -0.328 e. The van der Waals surface area contributed by atoms with E-state index >= 15 is 0 Å². The molecule has 20 heavy (non-hydrogen) atoms. The number of halogens is 1. The second kappa shape index (κ2) is 6.74. The number of rotatable bonds is 6. The van der Waals surface area contributed by atoms with Gasteiger partial charge in [0.2, 0.25) is 0 Å². The fourth-order valence-electron chi connectivity index (χ4n) is 2.36. The Morgan fingerprint density at radius 1 is 1.40 bits per heavy atom. The molecule has 4 nitrogen and oxygen atoms in total. The summed E-state index contributed by atoms with van der Waals surface area (Å²) in [6.45, 7) is 1.92. The van der Waals surface area contributed by atoms with Crippen LogP contribution in [0.15, 0.2) is 18.2 Å². The summed E-state index contributed by atoms with van der Waals surface area (Å²) in [6.07, 6.45) is 1.77. The zero-order valence-electron chi connectivity index (χ0n) is 11.9. The van der Waals surface area contributed by atoms with Gasteiger partial charge < -0.3 is 9.47 Å². The second-order valence-electron chi connectivity index (χ2n) is 5.06. The number of para-hydroxylation sites is 1. The van der Waals surface area contributed by atoms with Gasteiger partial charge >= 0.3 is 0 Å². The van der Waals surface area contributed by atoms with Crippen LogP contribution in [0.2, 0.25) is 0 Å². The predicted molar refractivity (Wildman–Crippen MR) is 82.0 cm³/mol. The van der Waals surface area contributed by atoms with Crippen LogP contribution in [-0.2, 0) is 13.0 Å². The Hall–Kier alpha value is -1.57. The SMILES string of the molecule is CN(C)CCCn1c(CCCl)nc2c(C#N)cccc21. The van der Waals surface area contributed by atoms with Crippen molar-refractivity contribution in [1.82, 2.24) is 14.5 Å². The van der Waals surface area contributed by atoms with Crippen LogP contribution in [0.3, 0.4) is 0 Å². The van der Waals surface area contributed by atoms with Crippen LogP contribution < -0.4 is 0 Å². The summed E-state index contributed by atoms with van der Waals surface area (Å²) >= 11 is 5.87. The van der Waals surface area contributed by atoms with E-state index < -0.39 is 0 Å². The van der Waals surface area contributed by atoms with Crippen molar-refractivity contribution in [3.05, 3.63) is 29.6 Å². The molecule has 0 spiro atoms. The third-order valence-electron chi connectivity index (χ3n) is 3.28. The monoisotopic (exact) mass is 290 g/mol. The van der Waals surface area contributed by atoms with Crippen molar-refractivity contribution in [3.8, 4) is 6.07 Å². The lowest BCUT2D eigenvalue weighted by Crippen LogP contribution is -2.16. The van der Waals surface area contributed by atoms with Crippen molar-refractivity contribution in [3.63, 3.8) is 0 Å². The molecule has 0 aliphatic heterocycles. The van der Waals surface area contributed by atoms with Crippen LogP contribution in [0.1, 0.15) is 17.8 Å². The van der Waals surface area contributed by atoms with Crippen molar-refractivity contribution < 1.29 is 0 Å². The summed E-state index contributed by atoms with van der Waals surface area (Å²) in [4.78, 5) is 6.78. The molecule has 0 saturated carbocycles. The van der Waals surface area contributed by atoms with Gasteiger partial charge in [-0.05, 0) is 39.2 Å². The summed E-state index contributed by atoms with van der Waals surface area (Å²) < 4.78 is 2.20. The number of imidazole rings is 1. The Morgan fingerprint density at radius 3 is 2.85 bits per heavy atom. The van der Waals surface area contributed by atoms with Gasteiger partial charge in [0.05, 0.1) is 11.1 Å². The summed E-state index contributed by atoms with van der Waals surface area (Å²) in [5.74, 6) is 1.51. The minimum atomic E-state index is 0.541. The number of hydrogen-bond acceptors (Lipinski definition) is 3. The summed E-state index contributed by atoms with van der Waals surface area (Å²) in [5, 5.41) is 9.18. The predicted octanol–water partition coefficient (Wildman–Crippen LogP) is 2.64. The molecule has 1 heterocycles. The Kier molecular flexibility index (Phi) is 4.99. The molecular weight excluding hydrogens is 272 g/mol. The van der Waals surface area contributed by atoms with Gasteiger partial charge in [0, 0.05) is 18.8 Å². The fraction of sp³-hybridized carbons (Fsp3) is 0.467. The van der Waals surface area contributed by atoms with Gasteiger partial charge in [0.15, 0.2) is 0 Å². The highest BCUT2D eigenvalue weighted by atomic mass is 35.5. The number of aromatic nitrogens is 2. The van der Waals surface area contributed by atoms with Gasteiger partial charge in [0.25, 0.3) is 0 Å². The van der Waals surface area contributed by atoms with E-state index in [4.69, 9.17) is 11.6 Å². The topological polar surface area (TPSA) is 44.9 Å². The number of aryl methyl sites for hydroxylation is 2. The van der Waals surface area contributed by atoms with E-state index in [0.717, 1.165) is 42.8 Å². The molecule has 2 aromatic rings. The fourth-order valence-corrected chi connectivity index (χ4v) is 2.52. The number of alkyl halides is 1. The normalized spacial score (nSPS) is 11.2. The van der Waals surface area contributed by atoms with Gasteiger partial charge in [-0.15, -0.1) is 11.6 Å². The van der Waals surface area contributed by atoms with E-state index in [1.165, 1.54) is 0 Å². The first-order chi connectivity index (χ1) is 9.67. The highest BCUT2D eigenvalue weighted by molar-refractivity contribution is 6.17. The smallest absolute Gasteiger partial charge is 0.111 e. The molecule has 0 aliphatic rings. The second-order valence-corrected chi connectivity index (χ2v) is 5.44. The van der Waals surface area contributed by atoms with Gasteiger partial charge in [-0.2, -0.15) is 5.26 Å². The summed E-state index contributed by atoms with van der Waals surface area (Å²) in [5.41, 5.74) is 2.45. The Bertz CT molecular complexity index is 625. The zero-order valence-corrected chi connectivity index (χ0v) is 12.7. The first-order valence-electron chi connectivity index (χ1n) is 6.76. The molecular formula is C15H19ClN4. The molecule has 5 heteroatoms. The molecule has 0 radical (unpaired) electrons. The lowest BCUT2D eigenvalue weighted by Gasteiger charge is -2.12. The first-order valence-corrected chi connectivity index (χ1v) is 7.29. The van der Waals surface area contributed by atoms with Crippen molar-refractivity contribution in [2.75, 3.05) is 26.5 Å². The quantitative estimate of drug-likeness (QED) is 0.768. The standard InChI is InChI=1S/C15H19ClN4/c1-19(2)9-4-10-20-13-6-3-5-12(11-17)15(13)18-14(20)7-8-16/h3,5-6H,4,7-10H2,1-2H3. The van der Waals surface area contributed by atoms with E-state index in [9.17, 15) is 5.26 Å². The van der Waals surface area contributed by atoms with Crippen molar-refractivity contribution in [2.24, 2.45) is 0 Å². The number of hydrogen-bond donors (Lipinski definition) is 0. The molecule has 0 saturated heterocycles. The van der Waals surface area contributed by atoms with E-state index in [0.29, 0.717) is 11.4 Å². The van der Waals surface area contributed by atoms with E-state index in [2.05, 4.69) is 34.6 Å². The highest BCUT2D eigenvalue weighted by Gasteiger charge is 2.12. The lowest BCUT2D eigenvalue weighted by molar-refractivity contribution is 0.386. The first kappa shape index (κ1) is 14.8. The van der Waals surface area contributed by atoms with Crippen molar-refractivity contribution >= 4 is 22.6 Å². The molecule has 0 atom stereocenters. The maximum Gasteiger partial charge on any atom is 0.111 e. The van der Waals surface area contributed by atoms with Gasteiger partial charge in [-0.3, -0.25) is 0 Å². The Balaban J connectivity index is 2.39. The highest BCUT2D eigenvalue weighted by Crippen LogP contribution is 2.21. The molecule has 106 valence electrons. The molecule has 0 fully saturated rings. The maximum absolute atomic E-state index is 9.18. The van der Waals surface area contributed by atoms with Crippen LogP contribution in [0, 0.1) is 11.3 Å². The number of fused-ring (bicyclic) bond motifs is 1. The Labute approximate surface area is 124 Å². The zero-order chi connectivity index (χ0) is 14.5. The van der Waals surface area contributed by atoms with Crippen LogP contribution in [0.5, 0.6) is 0 Å². The average molecular weight is 291 g/mol. The molecule has 1 aromatic carbocycles. The molecule has 0 bridgehead atoms.